The summed E-state index contributed by atoms with van der Waals surface area (Å²) in [5.41, 5.74) is 1.31. The van der Waals surface area contributed by atoms with Crippen molar-refractivity contribution in [3.63, 3.8) is 0 Å². The summed E-state index contributed by atoms with van der Waals surface area (Å²) in [6.07, 6.45) is 3.00. The predicted octanol–water partition coefficient (Wildman–Crippen LogP) is 2.27. The van der Waals surface area contributed by atoms with E-state index in [-0.39, 0.29) is 5.41 Å². The number of rotatable bonds is 12. The van der Waals surface area contributed by atoms with Crippen LogP contribution in [0.2, 0.25) is 0 Å². The summed E-state index contributed by atoms with van der Waals surface area (Å²) in [4.78, 5) is 7.28. The van der Waals surface area contributed by atoms with Crippen LogP contribution in [0.25, 0.3) is 0 Å². The fourth-order valence-corrected chi connectivity index (χ4v) is 3.77. The summed E-state index contributed by atoms with van der Waals surface area (Å²) in [5, 5.41) is 6.87. The third-order valence-corrected chi connectivity index (χ3v) is 5.71. The van der Waals surface area contributed by atoms with Crippen LogP contribution >= 0.6 is 0 Å². The van der Waals surface area contributed by atoms with Gasteiger partial charge in [0.1, 0.15) is 5.75 Å². The first kappa shape index (κ1) is 24.4. The van der Waals surface area contributed by atoms with E-state index in [4.69, 9.17) is 19.2 Å². The largest absolute Gasteiger partial charge is 0.497 e. The van der Waals surface area contributed by atoms with Gasteiger partial charge in [-0.3, -0.25) is 4.99 Å². The maximum atomic E-state index is 5.66. The van der Waals surface area contributed by atoms with E-state index in [1.807, 2.05) is 12.1 Å². The van der Waals surface area contributed by atoms with Crippen LogP contribution in [0.1, 0.15) is 31.7 Å². The quantitative estimate of drug-likeness (QED) is 0.307. The van der Waals surface area contributed by atoms with Gasteiger partial charge in [0.25, 0.3) is 0 Å². The number of methoxy groups -OCH3 is 2. The van der Waals surface area contributed by atoms with Crippen LogP contribution in [0.4, 0.5) is 0 Å². The van der Waals surface area contributed by atoms with Gasteiger partial charge in [0.15, 0.2) is 5.96 Å². The van der Waals surface area contributed by atoms with E-state index in [1.54, 1.807) is 14.2 Å². The summed E-state index contributed by atoms with van der Waals surface area (Å²) in [6, 6.07) is 8.43. The maximum Gasteiger partial charge on any atom is 0.191 e. The zero-order valence-corrected chi connectivity index (χ0v) is 19.2. The SMILES string of the molecule is CCNC(=NCC1(c2ccc(OC)cc2)CCOCC1)NCCN(C)CCCOC. The Bertz CT molecular complexity index is 615. The number of likely N-dealkylation sites (N-methyl/N-ethyl adjacent to an activating group) is 1. The van der Waals surface area contributed by atoms with Gasteiger partial charge in [-0.1, -0.05) is 12.1 Å². The Morgan fingerprint density at radius 1 is 1.13 bits per heavy atom. The van der Waals surface area contributed by atoms with Crippen LogP contribution in [0.5, 0.6) is 5.75 Å². The molecule has 0 atom stereocenters. The van der Waals surface area contributed by atoms with E-state index in [0.717, 1.165) is 83.5 Å². The molecule has 0 saturated carbocycles. The van der Waals surface area contributed by atoms with E-state index >= 15 is 0 Å². The van der Waals surface area contributed by atoms with E-state index in [2.05, 4.69) is 41.6 Å². The molecule has 0 amide bonds. The van der Waals surface area contributed by atoms with Crippen LogP contribution in [-0.4, -0.2) is 84.7 Å². The van der Waals surface area contributed by atoms with Gasteiger partial charge < -0.3 is 29.7 Å². The summed E-state index contributed by atoms with van der Waals surface area (Å²) < 4.78 is 16.1. The third-order valence-electron chi connectivity index (χ3n) is 5.71. The molecule has 0 radical (unpaired) electrons. The van der Waals surface area contributed by atoms with Gasteiger partial charge in [-0.05, 0) is 50.9 Å². The summed E-state index contributed by atoms with van der Waals surface area (Å²) >= 11 is 0. The van der Waals surface area contributed by atoms with Gasteiger partial charge in [-0.25, -0.2) is 0 Å². The molecule has 0 aliphatic carbocycles. The topological polar surface area (TPSA) is 67.4 Å². The lowest BCUT2D eigenvalue weighted by atomic mass is 9.74. The summed E-state index contributed by atoms with van der Waals surface area (Å²) in [6.45, 7) is 8.88. The summed E-state index contributed by atoms with van der Waals surface area (Å²) in [7, 11) is 5.59. The van der Waals surface area contributed by atoms with Crippen LogP contribution in [0.15, 0.2) is 29.3 Å². The molecule has 7 nitrogen and oxygen atoms in total. The number of aliphatic imine (C=N–C) groups is 1. The van der Waals surface area contributed by atoms with Crippen molar-refractivity contribution < 1.29 is 14.2 Å². The molecule has 1 aromatic carbocycles. The van der Waals surface area contributed by atoms with Crippen LogP contribution in [0, 0.1) is 0 Å². The monoisotopic (exact) mass is 420 g/mol. The molecular weight excluding hydrogens is 380 g/mol. The molecule has 170 valence electrons. The molecule has 0 unspecified atom stereocenters. The fraction of sp³-hybridized carbons (Fsp3) is 0.696. The van der Waals surface area contributed by atoms with Crippen molar-refractivity contribution in [3.8, 4) is 5.75 Å². The zero-order valence-electron chi connectivity index (χ0n) is 19.2. The van der Waals surface area contributed by atoms with Crippen molar-refractivity contribution in [2.24, 2.45) is 4.99 Å². The van der Waals surface area contributed by atoms with Crippen LogP contribution < -0.4 is 15.4 Å². The molecule has 1 heterocycles. The van der Waals surface area contributed by atoms with Crippen molar-refractivity contribution in [2.75, 3.05) is 73.8 Å². The molecule has 1 saturated heterocycles. The van der Waals surface area contributed by atoms with Crippen molar-refractivity contribution in [3.05, 3.63) is 29.8 Å². The Hall–Kier alpha value is -1.83. The number of guanidine groups is 1. The molecule has 2 rings (SSSR count). The average Bonchev–Trinajstić information content (AvgIpc) is 2.78. The normalized spacial score (nSPS) is 16.5. The molecule has 1 aliphatic rings. The Morgan fingerprint density at radius 2 is 1.87 bits per heavy atom. The average molecular weight is 421 g/mol. The minimum Gasteiger partial charge on any atom is -0.497 e. The van der Waals surface area contributed by atoms with Crippen molar-refractivity contribution in [2.45, 2.75) is 31.6 Å². The molecule has 2 N–H and O–H groups in total. The number of hydrogen-bond donors (Lipinski definition) is 2. The first-order valence-corrected chi connectivity index (χ1v) is 11.1. The molecule has 1 aliphatic heterocycles. The van der Waals surface area contributed by atoms with Gasteiger partial charge in [0.05, 0.1) is 13.7 Å². The third kappa shape index (κ3) is 7.78. The standard InChI is InChI=1S/C23H40N4O3/c1-5-24-22(25-13-15-27(2)14-6-16-28-3)26-19-23(11-17-30-18-12-23)20-7-9-21(29-4)10-8-20/h7-10H,5-6,11-19H2,1-4H3,(H2,24,25,26). The Morgan fingerprint density at radius 3 is 2.50 bits per heavy atom. The highest BCUT2D eigenvalue weighted by molar-refractivity contribution is 5.79. The van der Waals surface area contributed by atoms with Crippen molar-refractivity contribution in [1.82, 2.24) is 15.5 Å². The molecule has 0 bridgehead atoms. The smallest absolute Gasteiger partial charge is 0.191 e. The first-order chi connectivity index (χ1) is 14.6. The van der Waals surface area contributed by atoms with E-state index in [1.165, 1.54) is 5.56 Å². The molecule has 7 heteroatoms. The van der Waals surface area contributed by atoms with Gasteiger partial charge in [-0.15, -0.1) is 0 Å². The van der Waals surface area contributed by atoms with Crippen LogP contribution in [-0.2, 0) is 14.9 Å². The van der Waals surface area contributed by atoms with Gasteiger partial charge >= 0.3 is 0 Å². The molecule has 1 fully saturated rings. The first-order valence-electron chi connectivity index (χ1n) is 11.1. The molecule has 1 aromatic rings. The minimum absolute atomic E-state index is 0.00379. The summed E-state index contributed by atoms with van der Waals surface area (Å²) in [5.74, 6) is 1.76. The molecule has 0 aromatic heterocycles. The highest BCUT2D eigenvalue weighted by Gasteiger charge is 2.34. The lowest BCUT2D eigenvalue weighted by molar-refractivity contribution is 0.0531. The Kier molecular flexibility index (Phi) is 11.0. The lowest BCUT2D eigenvalue weighted by Gasteiger charge is -2.36. The molecular formula is C23H40N4O3. The fourth-order valence-electron chi connectivity index (χ4n) is 3.77. The second-order valence-corrected chi connectivity index (χ2v) is 7.89. The second-order valence-electron chi connectivity index (χ2n) is 7.89. The number of hydrogen-bond acceptors (Lipinski definition) is 5. The number of nitrogens with zero attached hydrogens (tertiary/aromatic N) is 2. The van der Waals surface area contributed by atoms with Gasteiger partial charge in [0, 0.05) is 58.5 Å². The van der Waals surface area contributed by atoms with Crippen molar-refractivity contribution in [1.29, 1.82) is 0 Å². The molecule has 30 heavy (non-hydrogen) atoms. The van der Waals surface area contributed by atoms with Gasteiger partial charge in [0.2, 0.25) is 0 Å². The number of benzene rings is 1. The maximum absolute atomic E-state index is 5.66. The second kappa shape index (κ2) is 13.5. The Balaban J connectivity index is 1.99. The zero-order chi connectivity index (χ0) is 21.7. The van der Waals surface area contributed by atoms with E-state index in [9.17, 15) is 0 Å². The van der Waals surface area contributed by atoms with Crippen LogP contribution in [0.3, 0.4) is 0 Å². The minimum atomic E-state index is 0.00379. The highest BCUT2D eigenvalue weighted by atomic mass is 16.5. The lowest BCUT2D eigenvalue weighted by Crippen LogP contribution is -2.43. The molecule has 0 spiro atoms. The predicted molar refractivity (Wildman–Crippen MR) is 123 cm³/mol. The van der Waals surface area contributed by atoms with E-state index in [0.29, 0.717) is 0 Å². The highest BCUT2D eigenvalue weighted by Crippen LogP contribution is 2.36. The van der Waals surface area contributed by atoms with Crippen molar-refractivity contribution >= 4 is 5.96 Å². The van der Waals surface area contributed by atoms with Gasteiger partial charge in [-0.2, -0.15) is 0 Å². The number of nitrogens with one attached hydrogen (secondary N) is 2. The number of ether oxygens (including phenoxy) is 3. The Labute approximate surface area is 182 Å². The van der Waals surface area contributed by atoms with E-state index < -0.39 is 0 Å².